The zero-order valence-electron chi connectivity index (χ0n) is 11.9. The Morgan fingerprint density at radius 2 is 2.05 bits per heavy atom. The first-order valence-corrected chi connectivity index (χ1v) is 8.56. The van der Waals surface area contributed by atoms with Crippen LogP contribution in [0.2, 0.25) is 0 Å². The lowest BCUT2D eigenvalue weighted by Crippen LogP contribution is -2.25. The van der Waals surface area contributed by atoms with Crippen LogP contribution in [-0.4, -0.2) is 21.3 Å². The van der Waals surface area contributed by atoms with Gasteiger partial charge in [-0.25, -0.2) is 4.68 Å². The lowest BCUT2D eigenvalue weighted by Gasteiger charge is -2.25. The van der Waals surface area contributed by atoms with Gasteiger partial charge in [0.2, 0.25) is 0 Å². The maximum absolute atomic E-state index is 4.96. The molecule has 0 aromatic carbocycles. The summed E-state index contributed by atoms with van der Waals surface area (Å²) in [5.41, 5.74) is 2.34. The summed E-state index contributed by atoms with van der Waals surface area (Å²) in [5, 5.41) is 8.46. The van der Waals surface area contributed by atoms with Gasteiger partial charge in [0.1, 0.15) is 5.82 Å². The number of hydrogen-bond acceptors (Lipinski definition) is 3. The monoisotopic (exact) mass is 346 g/mol. The Kier molecular flexibility index (Phi) is 3.45. The van der Waals surface area contributed by atoms with Gasteiger partial charge in [-0.05, 0) is 47.3 Å². The Hall–Kier alpha value is -1.36. The van der Waals surface area contributed by atoms with Crippen molar-refractivity contribution >= 4 is 21.7 Å². The molecule has 4 nitrogen and oxygen atoms in total. The number of fused-ring (bicyclic) bond motifs is 1. The molecule has 4 rings (SSSR count). The fraction of sp³-hybridized carbons (Fsp3) is 0.500. The van der Waals surface area contributed by atoms with E-state index < -0.39 is 0 Å². The van der Waals surface area contributed by atoms with E-state index in [0.29, 0.717) is 5.92 Å². The van der Waals surface area contributed by atoms with E-state index >= 15 is 0 Å². The Labute approximate surface area is 133 Å². The molecular formula is C16H19BrN4. The van der Waals surface area contributed by atoms with Crippen molar-refractivity contribution in [3.8, 4) is 0 Å². The van der Waals surface area contributed by atoms with Crippen LogP contribution < -0.4 is 5.32 Å². The van der Waals surface area contributed by atoms with E-state index in [4.69, 9.17) is 5.10 Å². The van der Waals surface area contributed by atoms with Gasteiger partial charge >= 0.3 is 0 Å². The molecular weight excluding hydrogens is 328 g/mol. The van der Waals surface area contributed by atoms with E-state index in [0.717, 1.165) is 29.0 Å². The van der Waals surface area contributed by atoms with Crippen molar-refractivity contribution in [2.24, 2.45) is 0 Å². The van der Waals surface area contributed by atoms with Crippen molar-refractivity contribution < 1.29 is 0 Å². The second kappa shape index (κ2) is 5.44. The molecule has 0 radical (unpaired) electrons. The standard InChI is InChI=1S/C16H19BrN4/c17-14-15(11-5-1-2-6-11)20-21-13(8-10-19-16(14)21)12-7-3-4-9-18-12/h3-4,7,9,11,13,19H,1-2,5-6,8,10H2. The van der Waals surface area contributed by atoms with E-state index in [1.165, 1.54) is 31.4 Å². The van der Waals surface area contributed by atoms with Gasteiger partial charge in [-0.2, -0.15) is 5.10 Å². The van der Waals surface area contributed by atoms with Crippen LogP contribution in [0, 0.1) is 0 Å². The Bertz CT molecular complexity index is 631. The van der Waals surface area contributed by atoms with Crippen molar-refractivity contribution in [3.05, 3.63) is 40.3 Å². The number of aromatic nitrogens is 3. The molecule has 1 aliphatic carbocycles. The summed E-state index contributed by atoms with van der Waals surface area (Å²) in [5.74, 6) is 1.74. The Morgan fingerprint density at radius 1 is 1.19 bits per heavy atom. The smallest absolute Gasteiger partial charge is 0.139 e. The van der Waals surface area contributed by atoms with Crippen LogP contribution in [0.15, 0.2) is 28.9 Å². The van der Waals surface area contributed by atoms with Gasteiger partial charge in [-0.3, -0.25) is 4.98 Å². The maximum Gasteiger partial charge on any atom is 0.139 e. The first kappa shape index (κ1) is 13.3. The molecule has 2 aromatic heterocycles. The highest BCUT2D eigenvalue weighted by Gasteiger charge is 2.31. The van der Waals surface area contributed by atoms with Crippen LogP contribution in [-0.2, 0) is 0 Å². The van der Waals surface area contributed by atoms with Crippen molar-refractivity contribution in [2.75, 3.05) is 11.9 Å². The van der Waals surface area contributed by atoms with Crippen LogP contribution in [0.1, 0.15) is 55.5 Å². The Morgan fingerprint density at radius 3 is 2.81 bits per heavy atom. The molecule has 1 atom stereocenters. The number of halogens is 1. The van der Waals surface area contributed by atoms with Gasteiger partial charge in [0.25, 0.3) is 0 Å². The van der Waals surface area contributed by atoms with Crippen molar-refractivity contribution in [1.29, 1.82) is 0 Å². The second-order valence-corrected chi connectivity index (χ2v) is 6.75. The van der Waals surface area contributed by atoms with Gasteiger partial charge in [0, 0.05) is 18.7 Å². The minimum absolute atomic E-state index is 0.244. The highest BCUT2D eigenvalue weighted by atomic mass is 79.9. The molecule has 3 heterocycles. The minimum Gasteiger partial charge on any atom is -0.369 e. The fourth-order valence-corrected chi connectivity index (χ4v) is 4.30. The molecule has 1 aliphatic heterocycles. The molecule has 1 unspecified atom stereocenters. The molecule has 0 amide bonds. The van der Waals surface area contributed by atoms with Crippen LogP contribution in [0.4, 0.5) is 5.82 Å². The summed E-state index contributed by atoms with van der Waals surface area (Å²) >= 11 is 3.78. The molecule has 110 valence electrons. The summed E-state index contributed by atoms with van der Waals surface area (Å²) in [6.45, 7) is 0.968. The molecule has 2 aliphatic rings. The van der Waals surface area contributed by atoms with Crippen molar-refractivity contribution in [3.63, 3.8) is 0 Å². The molecule has 0 saturated heterocycles. The number of anilines is 1. The van der Waals surface area contributed by atoms with E-state index in [2.05, 4.69) is 43.0 Å². The number of nitrogens with one attached hydrogen (secondary N) is 1. The lowest BCUT2D eigenvalue weighted by molar-refractivity contribution is 0.464. The third-order valence-corrected chi connectivity index (χ3v) is 5.44. The first-order valence-electron chi connectivity index (χ1n) is 7.77. The molecule has 5 heteroatoms. The van der Waals surface area contributed by atoms with Gasteiger partial charge in [0.05, 0.1) is 21.9 Å². The van der Waals surface area contributed by atoms with Gasteiger partial charge < -0.3 is 5.32 Å². The Balaban J connectivity index is 1.76. The summed E-state index contributed by atoms with van der Waals surface area (Å²) in [4.78, 5) is 4.53. The molecule has 0 spiro atoms. The molecule has 0 bridgehead atoms. The molecule has 1 fully saturated rings. The molecule has 2 aromatic rings. The number of rotatable bonds is 2. The predicted octanol–water partition coefficient (Wildman–Crippen LogP) is 4.10. The normalized spacial score (nSPS) is 22.0. The van der Waals surface area contributed by atoms with Crippen molar-refractivity contribution in [1.82, 2.24) is 14.8 Å². The summed E-state index contributed by atoms with van der Waals surface area (Å²) in [6, 6.07) is 6.37. The summed E-state index contributed by atoms with van der Waals surface area (Å²) in [7, 11) is 0. The summed E-state index contributed by atoms with van der Waals surface area (Å²) < 4.78 is 3.30. The second-order valence-electron chi connectivity index (χ2n) is 5.96. The van der Waals surface area contributed by atoms with Gasteiger partial charge in [-0.1, -0.05) is 18.9 Å². The number of pyridine rings is 1. The van der Waals surface area contributed by atoms with E-state index in [1.807, 2.05) is 12.3 Å². The molecule has 21 heavy (non-hydrogen) atoms. The van der Waals surface area contributed by atoms with Crippen LogP contribution in [0.5, 0.6) is 0 Å². The average Bonchev–Trinajstić information content (AvgIpc) is 3.16. The molecule has 1 N–H and O–H groups in total. The van der Waals surface area contributed by atoms with E-state index in [1.54, 1.807) is 0 Å². The third kappa shape index (κ3) is 2.27. The van der Waals surface area contributed by atoms with Gasteiger partial charge in [-0.15, -0.1) is 0 Å². The zero-order chi connectivity index (χ0) is 14.2. The van der Waals surface area contributed by atoms with Crippen LogP contribution >= 0.6 is 15.9 Å². The predicted molar refractivity (Wildman–Crippen MR) is 86.6 cm³/mol. The first-order chi connectivity index (χ1) is 10.3. The van der Waals surface area contributed by atoms with Crippen LogP contribution in [0.3, 0.4) is 0 Å². The van der Waals surface area contributed by atoms with Crippen LogP contribution in [0.25, 0.3) is 0 Å². The fourth-order valence-electron chi connectivity index (χ4n) is 3.57. The van der Waals surface area contributed by atoms with E-state index in [-0.39, 0.29) is 6.04 Å². The van der Waals surface area contributed by atoms with Gasteiger partial charge in [0.15, 0.2) is 0 Å². The highest BCUT2D eigenvalue weighted by Crippen LogP contribution is 2.42. The van der Waals surface area contributed by atoms with E-state index in [9.17, 15) is 0 Å². The summed E-state index contributed by atoms with van der Waals surface area (Å²) in [6.07, 6.45) is 8.09. The number of nitrogens with zero attached hydrogens (tertiary/aromatic N) is 3. The SMILES string of the molecule is Brc1c(C2CCCC2)nn2c1NCCC2c1ccccn1. The highest BCUT2D eigenvalue weighted by molar-refractivity contribution is 9.10. The molecule has 1 saturated carbocycles. The lowest BCUT2D eigenvalue weighted by atomic mass is 10.0. The van der Waals surface area contributed by atoms with Crippen molar-refractivity contribution in [2.45, 2.75) is 44.1 Å². The topological polar surface area (TPSA) is 42.7 Å². The number of hydrogen-bond donors (Lipinski definition) is 1. The minimum atomic E-state index is 0.244. The average molecular weight is 347 g/mol. The largest absolute Gasteiger partial charge is 0.369 e. The zero-order valence-corrected chi connectivity index (χ0v) is 13.5. The quantitative estimate of drug-likeness (QED) is 0.889. The third-order valence-electron chi connectivity index (χ3n) is 4.65. The maximum atomic E-state index is 4.96.